The van der Waals surface area contributed by atoms with E-state index in [2.05, 4.69) is 0 Å². The van der Waals surface area contributed by atoms with Crippen molar-refractivity contribution in [2.24, 2.45) is 0 Å². The van der Waals surface area contributed by atoms with Gasteiger partial charge in [0.15, 0.2) is 5.78 Å². The second kappa shape index (κ2) is 6.35. The quantitative estimate of drug-likeness (QED) is 0.629. The molecule has 0 fully saturated rings. The largest absolute Gasteiger partial charge is 0.481 e. The fourth-order valence-electron chi connectivity index (χ4n) is 1.41. The van der Waals surface area contributed by atoms with E-state index in [1.165, 1.54) is 12.1 Å². The molecule has 1 N–H and O–H groups in total. The zero-order chi connectivity index (χ0) is 12.8. The average Bonchev–Trinajstić information content (AvgIpc) is 2.23. The maximum absolute atomic E-state index is 13.3. The standard InChI is InChI=1S/C12H12ClFO3/c13-8-5-6-9(10(14)7-8)11(15)3-1-2-4-12(16)17/h5-7H,1-4H2,(H,16,17). The number of carboxylic acids is 1. The molecule has 0 aliphatic rings. The van der Waals surface area contributed by atoms with Crippen LogP contribution in [0.15, 0.2) is 18.2 Å². The summed E-state index contributed by atoms with van der Waals surface area (Å²) in [5, 5.41) is 8.65. The van der Waals surface area contributed by atoms with Crippen molar-refractivity contribution < 1.29 is 19.1 Å². The predicted octanol–water partition coefficient (Wildman–Crippen LogP) is 3.31. The number of ketones is 1. The first-order chi connectivity index (χ1) is 8.00. The first-order valence-electron chi connectivity index (χ1n) is 5.20. The predicted molar refractivity (Wildman–Crippen MR) is 61.8 cm³/mol. The lowest BCUT2D eigenvalue weighted by Gasteiger charge is -2.02. The average molecular weight is 259 g/mol. The van der Waals surface area contributed by atoms with Gasteiger partial charge in [-0.15, -0.1) is 0 Å². The molecule has 0 aliphatic heterocycles. The van der Waals surface area contributed by atoms with Gasteiger partial charge in [0.05, 0.1) is 5.56 Å². The fourth-order valence-corrected chi connectivity index (χ4v) is 1.57. The van der Waals surface area contributed by atoms with Gasteiger partial charge < -0.3 is 5.11 Å². The Labute approximate surface area is 103 Å². The van der Waals surface area contributed by atoms with Gasteiger partial charge in [0.2, 0.25) is 0 Å². The molecule has 0 saturated carbocycles. The number of unbranched alkanes of at least 4 members (excludes halogenated alkanes) is 1. The van der Waals surface area contributed by atoms with Crippen molar-refractivity contribution >= 4 is 23.4 Å². The molecule has 0 radical (unpaired) electrons. The highest BCUT2D eigenvalue weighted by Crippen LogP contribution is 2.17. The van der Waals surface area contributed by atoms with Crippen LogP contribution in [0.1, 0.15) is 36.0 Å². The maximum atomic E-state index is 13.3. The number of benzene rings is 1. The minimum Gasteiger partial charge on any atom is -0.481 e. The zero-order valence-corrected chi connectivity index (χ0v) is 9.84. The lowest BCUT2D eigenvalue weighted by atomic mass is 10.0. The Hall–Kier alpha value is -1.42. The second-order valence-electron chi connectivity index (χ2n) is 3.65. The minimum absolute atomic E-state index is 0.00438. The molecular weight excluding hydrogens is 247 g/mol. The molecule has 0 spiro atoms. The Morgan fingerprint density at radius 2 is 1.88 bits per heavy atom. The van der Waals surface area contributed by atoms with Crippen LogP contribution in [0.25, 0.3) is 0 Å². The van der Waals surface area contributed by atoms with Gasteiger partial charge in [-0.2, -0.15) is 0 Å². The summed E-state index contributed by atoms with van der Waals surface area (Å²) in [5.74, 6) is -1.86. The number of aliphatic carboxylic acids is 1. The van der Waals surface area contributed by atoms with Crippen LogP contribution in [0.2, 0.25) is 5.02 Å². The van der Waals surface area contributed by atoms with E-state index in [-0.39, 0.29) is 29.2 Å². The van der Waals surface area contributed by atoms with Gasteiger partial charge in [-0.3, -0.25) is 9.59 Å². The molecule has 0 atom stereocenters. The molecule has 1 aromatic rings. The molecule has 1 rings (SSSR count). The van der Waals surface area contributed by atoms with E-state index >= 15 is 0 Å². The third-order valence-corrected chi connectivity index (χ3v) is 2.51. The number of halogens is 2. The zero-order valence-electron chi connectivity index (χ0n) is 9.08. The normalized spacial score (nSPS) is 10.2. The summed E-state index contributed by atoms with van der Waals surface area (Å²) >= 11 is 5.57. The van der Waals surface area contributed by atoms with E-state index in [0.29, 0.717) is 12.8 Å². The van der Waals surface area contributed by atoms with Crippen molar-refractivity contribution in [3.63, 3.8) is 0 Å². The molecule has 17 heavy (non-hydrogen) atoms. The lowest BCUT2D eigenvalue weighted by molar-refractivity contribution is -0.137. The van der Waals surface area contributed by atoms with Gasteiger partial charge >= 0.3 is 5.97 Å². The summed E-state index contributed by atoms with van der Waals surface area (Å²) in [5.41, 5.74) is 0.00438. The van der Waals surface area contributed by atoms with Crippen molar-refractivity contribution in [2.75, 3.05) is 0 Å². The Morgan fingerprint density at radius 1 is 1.24 bits per heavy atom. The van der Waals surface area contributed by atoms with Gasteiger partial charge in [-0.05, 0) is 31.0 Å². The van der Waals surface area contributed by atoms with E-state index in [9.17, 15) is 14.0 Å². The van der Waals surface area contributed by atoms with Crippen LogP contribution in [0.5, 0.6) is 0 Å². The van der Waals surface area contributed by atoms with Crippen molar-refractivity contribution in [3.8, 4) is 0 Å². The van der Waals surface area contributed by atoms with E-state index in [0.717, 1.165) is 6.07 Å². The number of Topliss-reactive ketones (excluding diaryl/α,β-unsaturated/α-hetero) is 1. The molecule has 0 aromatic heterocycles. The second-order valence-corrected chi connectivity index (χ2v) is 4.08. The van der Waals surface area contributed by atoms with Crippen LogP contribution in [0, 0.1) is 5.82 Å². The van der Waals surface area contributed by atoms with Gasteiger partial charge in [-0.25, -0.2) is 4.39 Å². The fraction of sp³-hybridized carbons (Fsp3) is 0.333. The number of rotatable bonds is 6. The topological polar surface area (TPSA) is 54.4 Å². The molecule has 0 amide bonds. The van der Waals surface area contributed by atoms with Gasteiger partial charge in [-0.1, -0.05) is 11.6 Å². The van der Waals surface area contributed by atoms with Crippen LogP contribution in [-0.4, -0.2) is 16.9 Å². The first kappa shape index (κ1) is 13.6. The number of carbonyl (C=O) groups is 2. The van der Waals surface area contributed by atoms with E-state index in [4.69, 9.17) is 16.7 Å². The monoisotopic (exact) mass is 258 g/mol. The summed E-state index contributed by atoms with van der Waals surface area (Å²) in [6.07, 6.45) is 1.02. The van der Waals surface area contributed by atoms with Crippen LogP contribution in [-0.2, 0) is 4.79 Å². The first-order valence-corrected chi connectivity index (χ1v) is 5.58. The van der Waals surface area contributed by atoms with Crippen molar-refractivity contribution in [3.05, 3.63) is 34.6 Å². The Bertz CT molecular complexity index is 432. The highest BCUT2D eigenvalue weighted by Gasteiger charge is 2.11. The summed E-state index contributed by atoms with van der Waals surface area (Å²) in [6.45, 7) is 0. The molecular formula is C12H12ClFO3. The summed E-state index contributed by atoms with van der Waals surface area (Å²) in [4.78, 5) is 21.8. The molecule has 0 saturated heterocycles. The van der Waals surface area contributed by atoms with Gasteiger partial charge in [0.1, 0.15) is 5.82 Å². The molecule has 0 aliphatic carbocycles. The highest BCUT2D eigenvalue weighted by atomic mass is 35.5. The summed E-state index contributed by atoms with van der Waals surface area (Å²) in [7, 11) is 0. The third kappa shape index (κ3) is 4.53. The SMILES string of the molecule is O=C(O)CCCCC(=O)c1ccc(Cl)cc1F. The van der Waals surface area contributed by atoms with E-state index in [1.807, 2.05) is 0 Å². The van der Waals surface area contributed by atoms with Gasteiger partial charge in [0.25, 0.3) is 0 Å². The summed E-state index contributed by atoms with van der Waals surface area (Å²) < 4.78 is 13.3. The van der Waals surface area contributed by atoms with Crippen molar-refractivity contribution in [2.45, 2.75) is 25.7 Å². The van der Waals surface area contributed by atoms with Crippen molar-refractivity contribution in [1.82, 2.24) is 0 Å². The summed E-state index contributed by atoms with van der Waals surface area (Å²) in [6, 6.07) is 3.89. The van der Waals surface area contributed by atoms with Crippen LogP contribution in [0.3, 0.4) is 0 Å². The number of carboxylic acid groups (broad SMARTS) is 1. The lowest BCUT2D eigenvalue weighted by Crippen LogP contribution is -2.03. The molecule has 0 heterocycles. The van der Waals surface area contributed by atoms with E-state index < -0.39 is 11.8 Å². The smallest absolute Gasteiger partial charge is 0.303 e. The van der Waals surface area contributed by atoms with E-state index in [1.54, 1.807) is 0 Å². The molecule has 3 nitrogen and oxygen atoms in total. The Morgan fingerprint density at radius 3 is 2.47 bits per heavy atom. The van der Waals surface area contributed by atoms with Crippen LogP contribution < -0.4 is 0 Å². The minimum atomic E-state index is -0.893. The number of hydrogen-bond donors (Lipinski definition) is 1. The third-order valence-electron chi connectivity index (χ3n) is 2.28. The van der Waals surface area contributed by atoms with Crippen LogP contribution in [0.4, 0.5) is 4.39 Å². The Balaban J connectivity index is 2.50. The highest BCUT2D eigenvalue weighted by molar-refractivity contribution is 6.30. The maximum Gasteiger partial charge on any atom is 0.303 e. The number of hydrogen-bond acceptors (Lipinski definition) is 2. The molecule has 92 valence electrons. The Kier molecular flexibility index (Phi) is 5.10. The van der Waals surface area contributed by atoms with Gasteiger partial charge in [0, 0.05) is 17.9 Å². The molecule has 0 unspecified atom stereocenters. The van der Waals surface area contributed by atoms with Crippen molar-refractivity contribution in [1.29, 1.82) is 0 Å². The van der Waals surface area contributed by atoms with Crippen LogP contribution >= 0.6 is 11.6 Å². The molecule has 5 heteroatoms. The number of carbonyl (C=O) groups excluding carboxylic acids is 1. The molecule has 0 bridgehead atoms. The molecule has 1 aromatic carbocycles.